The SMILES string of the molecule is CCCCc1nc(N2CCN(C(=O)COc3ccccc3)CC2)c2c(C)nn(-c3ccccc3)c2n1. The number of nitrogens with zero attached hydrogens (tertiary/aromatic N) is 6. The number of hydrogen-bond acceptors (Lipinski definition) is 6. The smallest absolute Gasteiger partial charge is 0.260 e. The van der Waals surface area contributed by atoms with E-state index in [1.54, 1.807) is 0 Å². The molecule has 3 heterocycles. The topological polar surface area (TPSA) is 76.4 Å². The van der Waals surface area contributed by atoms with Crippen LogP contribution < -0.4 is 9.64 Å². The maximum absolute atomic E-state index is 12.8. The molecule has 1 saturated heterocycles. The second-order valence-electron chi connectivity index (χ2n) is 9.07. The Morgan fingerprint density at radius 3 is 2.33 bits per heavy atom. The quantitative estimate of drug-likeness (QED) is 0.373. The second-order valence-corrected chi connectivity index (χ2v) is 9.07. The summed E-state index contributed by atoms with van der Waals surface area (Å²) in [6.45, 7) is 6.89. The third kappa shape index (κ3) is 5.03. The van der Waals surface area contributed by atoms with Crippen LogP contribution in [0, 0.1) is 6.92 Å². The van der Waals surface area contributed by atoms with Crippen LogP contribution in [0.5, 0.6) is 5.75 Å². The standard InChI is InChI=1S/C28H32N6O2/c1-3-4-15-24-29-27(26-21(2)31-34(28(26)30-24)22-11-7-5-8-12-22)33-18-16-32(17-19-33)25(35)20-36-23-13-9-6-10-14-23/h5-14H,3-4,15-20H2,1-2H3. The molecule has 1 fully saturated rings. The van der Waals surface area contributed by atoms with Crippen LogP contribution in [-0.4, -0.2) is 63.3 Å². The fourth-order valence-electron chi connectivity index (χ4n) is 4.55. The van der Waals surface area contributed by atoms with Crippen molar-refractivity contribution >= 4 is 22.8 Å². The molecule has 1 amide bonds. The zero-order chi connectivity index (χ0) is 24.9. The van der Waals surface area contributed by atoms with Gasteiger partial charge in [0.1, 0.15) is 17.4 Å². The number of amides is 1. The average molecular weight is 485 g/mol. The molecule has 36 heavy (non-hydrogen) atoms. The van der Waals surface area contributed by atoms with Gasteiger partial charge in [-0.15, -0.1) is 0 Å². The number of rotatable bonds is 8. The lowest BCUT2D eigenvalue weighted by Gasteiger charge is -2.35. The van der Waals surface area contributed by atoms with Gasteiger partial charge >= 0.3 is 0 Å². The molecular weight excluding hydrogens is 452 g/mol. The second kappa shape index (κ2) is 10.8. The number of benzene rings is 2. The van der Waals surface area contributed by atoms with Crippen LogP contribution in [0.15, 0.2) is 60.7 Å². The number of unbranched alkanes of at least 4 members (excludes halogenated alkanes) is 1. The zero-order valence-electron chi connectivity index (χ0n) is 20.9. The largest absolute Gasteiger partial charge is 0.484 e. The number of aryl methyl sites for hydroxylation is 2. The number of fused-ring (bicyclic) bond motifs is 1. The highest BCUT2D eigenvalue weighted by Gasteiger charge is 2.26. The highest BCUT2D eigenvalue weighted by Crippen LogP contribution is 2.30. The summed E-state index contributed by atoms with van der Waals surface area (Å²) in [5, 5.41) is 5.82. The first-order valence-electron chi connectivity index (χ1n) is 12.7. The first-order valence-corrected chi connectivity index (χ1v) is 12.7. The van der Waals surface area contributed by atoms with Crippen molar-refractivity contribution in [3.8, 4) is 11.4 Å². The molecule has 0 spiro atoms. The Kier molecular flexibility index (Phi) is 7.11. The number of carbonyl (C=O) groups excluding carboxylic acids is 1. The van der Waals surface area contributed by atoms with Gasteiger partial charge in [-0.05, 0) is 37.6 Å². The number of ether oxygens (including phenoxy) is 1. The van der Waals surface area contributed by atoms with Crippen LogP contribution in [-0.2, 0) is 11.2 Å². The van der Waals surface area contributed by atoms with E-state index in [1.807, 2.05) is 77.2 Å². The van der Waals surface area contributed by atoms with Gasteiger partial charge in [0.15, 0.2) is 12.3 Å². The Labute approximate surface area is 211 Å². The van der Waals surface area contributed by atoms with Crippen molar-refractivity contribution in [2.24, 2.45) is 0 Å². The van der Waals surface area contributed by atoms with Crippen LogP contribution in [0.4, 0.5) is 5.82 Å². The monoisotopic (exact) mass is 484 g/mol. The molecule has 8 nitrogen and oxygen atoms in total. The predicted octanol–water partition coefficient (Wildman–Crippen LogP) is 4.19. The van der Waals surface area contributed by atoms with E-state index < -0.39 is 0 Å². The first-order chi connectivity index (χ1) is 17.6. The number of hydrogen-bond donors (Lipinski definition) is 0. The summed E-state index contributed by atoms with van der Waals surface area (Å²) in [6.07, 6.45) is 2.94. The summed E-state index contributed by atoms with van der Waals surface area (Å²) in [6, 6.07) is 19.6. The maximum atomic E-state index is 12.8. The molecule has 0 N–H and O–H groups in total. The Bertz CT molecular complexity index is 1310. The summed E-state index contributed by atoms with van der Waals surface area (Å²) in [5.74, 6) is 2.46. The van der Waals surface area contributed by atoms with E-state index in [9.17, 15) is 4.79 Å². The summed E-state index contributed by atoms with van der Waals surface area (Å²) in [4.78, 5) is 26.8. The third-order valence-corrected chi connectivity index (χ3v) is 6.52. The molecule has 0 bridgehead atoms. The highest BCUT2D eigenvalue weighted by atomic mass is 16.5. The fraction of sp³-hybridized carbons (Fsp3) is 0.357. The van der Waals surface area contributed by atoms with Crippen molar-refractivity contribution in [2.45, 2.75) is 33.1 Å². The molecule has 2 aromatic carbocycles. The van der Waals surface area contributed by atoms with E-state index in [4.69, 9.17) is 19.8 Å². The normalized spacial score (nSPS) is 13.8. The van der Waals surface area contributed by atoms with Crippen molar-refractivity contribution in [1.29, 1.82) is 0 Å². The molecule has 1 aliphatic rings. The van der Waals surface area contributed by atoms with Crippen molar-refractivity contribution in [3.63, 3.8) is 0 Å². The summed E-state index contributed by atoms with van der Waals surface area (Å²) < 4.78 is 7.59. The van der Waals surface area contributed by atoms with E-state index in [2.05, 4.69) is 11.8 Å². The lowest BCUT2D eigenvalue weighted by Crippen LogP contribution is -2.50. The molecular formula is C28H32N6O2. The average Bonchev–Trinajstić information content (AvgIpc) is 3.27. The fourth-order valence-corrected chi connectivity index (χ4v) is 4.55. The van der Waals surface area contributed by atoms with E-state index in [1.165, 1.54) is 0 Å². The Morgan fingerprint density at radius 2 is 1.64 bits per heavy atom. The minimum absolute atomic E-state index is 0.00282. The lowest BCUT2D eigenvalue weighted by atomic mass is 10.2. The van der Waals surface area contributed by atoms with E-state index >= 15 is 0 Å². The maximum Gasteiger partial charge on any atom is 0.260 e. The van der Waals surface area contributed by atoms with Gasteiger partial charge < -0.3 is 14.5 Å². The van der Waals surface area contributed by atoms with Crippen molar-refractivity contribution in [1.82, 2.24) is 24.6 Å². The van der Waals surface area contributed by atoms with Crippen LogP contribution in [0.1, 0.15) is 31.3 Å². The first kappa shape index (κ1) is 23.8. The van der Waals surface area contributed by atoms with Crippen LogP contribution >= 0.6 is 0 Å². The Balaban J connectivity index is 1.37. The van der Waals surface area contributed by atoms with Gasteiger partial charge in [0.25, 0.3) is 5.91 Å². The molecule has 0 saturated carbocycles. The van der Waals surface area contributed by atoms with Gasteiger partial charge in [0.2, 0.25) is 0 Å². The van der Waals surface area contributed by atoms with Crippen molar-refractivity contribution < 1.29 is 9.53 Å². The Morgan fingerprint density at radius 1 is 0.944 bits per heavy atom. The number of piperazine rings is 1. The van der Waals surface area contributed by atoms with Crippen LogP contribution in [0.2, 0.25) is 0 Å². The van der Waals surface area contributed by atoms with Crippen molar-refractivity contribution in [3.05, 3.63) is 72.2 Å². The van der Waals surface area contributed by atoms with Gasteiger partial charge in [0.05, 0.1) is 16.8 Å². The minimum Gasteiger partial charge on any atom is -0.484 e. The molecule has 0 aliphatic carbocycles. The minimum atomic E-state index is 0.00282. The molecule has 0 radical (unpaired) electrons. The molecule has 8 heteroatoms. The Hall–Kier alpha value is -3.94. The van der Waals surface area contributed by atoms with E-state index in [-0.39, 0.29) is 12.5 Å². The van der Waals surface area contributed by atoms with Gasteiger partial charge in [-0.25, -0.2) is 14.6 Å². The molecule has 5 rings (SSSR count). The van der Waals surface area contributed by atoms with Gasteiger partial charge in [0, 0.05) is 32.6 Å². The zero-order valence-corrected chi connectivity index (χ0v) is 20.9. The molecule has 0 atom stereocenters. The van der Waals surface area contributed by atoms with Gasteiger partial charge in [-0.3, -0.25) is 4.79 Å². The summed E-state index contributed by atoms with van der Waals surface area (Å²) >= 11 is 0. The molecule has 2 aromatic heterocycles. The molecule has 0 unspecified atom stereocenters. The predicted molar refractivity (Wildman–Crippen MR) is 141 cm³/mol. The van der Waals surface area contributed by atoms with Gasteiger partial charge in [-0.2, -0.15) is 5.10 Å². The number of aromatic nitrogens is 4. The van der Waals surface area contributed by atoms with Crippen molar-refractivity contribution in [2.75, 3.05) is 37.7 Å². The molecule has 1 aliphatic heterocycles. The lowest BCUT2D eigenvalue weighted by molar-refractivity contribution is -0.133. The summed E-state index contributed by atoms with van der Waals surface area (Å²) in [5.41, 5.74) is 2.72. The number of anilines is 1. The van der Waals surface area contributed by atoms with Gasteiger partial charge in [-0.1, -0.05) is 49.7 Å². The summed E-state index contributed by atoms with van der Waals surface area (Å²) in [7, 11) is 0. The van der Waals surface area contributed by atoms with E-state index in [0.29, 0.717) is 31.9 Å². The molecule has 4 aromatic rings. The number of para-hydroxylation sites is 2. The number of carbonyl (C=O) groups is 1. The van der Waals surface area contributed by atoms with E-state index in [0.717, 1.165) is 53.3 Å². The highest BCUT2D eigenvalue weighted by molar-refractivity contribution is 5.91. The van der Waals surface area contributed by atoms with Crippen LogP contribution in [0.25, 0.3) is 16.7 Å². The third-order valence-electron chi connectivity index (χ3n) is 6.52. The molecule has 186 valence electrons. The van der Waals surface area contributed by atoms with Crippen LogP contribution in [0.3, 0.4) is 0 Å².